The van der Waals surface area contributed by atoms with Gasteiger partial charge in [0, 0.05) is 0 Å². The van der Waals surface area contributed by atoms with Crippen LogP contribution in [0, 0.1) is 11.8 Å². The Morgan fingerprint density at radius 2 is 1.40 bits per heavy atom. The van der Waals surface area contributed by atoms with Crippen molar-refractivity contribution in [3.8, 4) is 0 Å². The SMILES string of the molecule is CCC=CCCCCC(CCCCCCC)C(C)CC. The lowest BCUT2D eigenvalue weighted by Crippen LogP contribution is -2.11. The molecule has 0 aliphatic carbocycles. The van der Waals surface area contributed by atoms with E-state index in [1.165, 1.54) is 77.0 Å². The Bertz CT molecular complexity index is 204. The monoisotopic (exact) mass is 280 g/mol. The molecule has 0 aromatic rings. The highest BCUT2D eigenvalue weighted by Gasteiger charge is 2.14. The van der Waals surface area contributed by atoms with Crippen LogP contribution >= 0.6 is 0 Å². The highest BCUT2D eigenvalue weighted by Crippen LogP contribution is 2.27. The largest absolute Gasteiger partial charge is 0.0888 e. The summed E-state index contributed by atoms with van der Waals surface area (Å²) >= 11 is 0. The van der Waals surface area contributed by atoms with Crippen molar-refractivity contribution in [2.24, 2.45) is 11.8 Å². The van der Waals surface area contributed by atoms with E-state index in [9.17, 15) is 0 Å². The molecule has 0 aromatic carbocycles. The highest BCUT2D eigenvalue weighted by atomic mass is 14.2. The van der Waals surface area contributed by atoms with E-state index in [2.05, 4.69) is 39.8 Å². The molecule has 2 unspecified atom stereocenters. The number of allylic oxidation sites excluding steroid dienone is 2. The predicted molar refractivity (Wildman–Crippen MR) is 94.2 cm³/mol. The van der Waals surface area contributed by atoms with Crippen molar-refractivity contribution >= 4 is 0 Å². The minimum atomic E-state index is 0.923. The Morgan fingerprint density at radius 3 is 2.00 bits per heavy atom. The maximum atomic E-state index is 2.47. The Balaban J connectivity index is 3.76. The average Bonchev–Trinajstić information content (AvgIpc) is 2.47. The van der Waals surface area contributed by atoms with Crippen molar-refractivity contribution in [3.05, 3.63) is 12.2 Å². The summed E-state index contributed by atoms with van der Waals surface area (Å²) in [7, 11) is 0. The van der Waals surface area contributed by atoms with Gasteiger partial charge < -0.3 is 0 Å². The van der Waals surface area contributed by atoms with Crippen LogP contribution < -0.4 is 0 Å². The molecule has 2 atom stereocenters. The average molecular weight is 281 g/mol. The zero-order chi connectivity index (χ0) is 15.1. The van der Waals surface area contributed by atoms with Crippen molar-refractivity contribution in [1.82, 2.24) is 0 Å². The first-order chi connectivity index (χ1) is 9.76. The van der Waals surface area contributed by atoms with Gasteiger partial charge in [-0.3, -0.25) is 0 Å². The third kappa shape index (κ3) is 11.6. The van der Waals surface area contributed by atoms with Gasteiger partial charge in [0.25, 0.3) is 0 Å². The summed E-state index contributed by atoms with van der Waals surface area (Å²) in [5.74, 6) is 1.91. The summed E-state index contributed by atoms with van der Waals surface area (Å²) < 4.78 is 0. The van der Waals surface area contributed by atoms with E-state index in [1.54, 1.807) is 0 Å². The van der Waals surface area contributed by atoms with Gasteiger partial charge in [-0.2, -0.15) is 0 Å². The first kappa shape index (κ1) is 19.7. The van der Waals surface area contributed by atoms with Gasteiger partial charge in [-0.25, -0.2) is 0 Å². The summed E-state index contributed by atoms with van der Waals surface area (Å²) in [4.78, 5) is 0. The van der Waals surface area contributed by atoms with Gasteiger partial charge in [-0.15, -0.1) is 0 Å². The van der Waals surface area contributed by atoms with Crippen LogP contribution in [0.3, 0.4) is 0 Å². The number of hydrogen-bond acceptors (Lipinski definition) is 0. The maximum absolute atomic E-state index is 2.47. The van der Waals surface area contributed by atoms with Crippen LogP contribution in [0.4, 0.5) is 0 Å². The molecule has 20 heavy (non-hydrogen) atoms. The molecule has 120 valence electrons. The Kier molecular flexibility index (Phi) is 14.9. The van der Waals surface area contributed by atoms with Crippen LogP contribution in [0.15, 0.2) is 12.2 Å². The van der Waals surface area contributed by atoms with E-state index in [4.69, 9.17) is 0 Å². The minimum Gasteiger partial charge on any atom is -0.0888 e. The van der Waals surface area contributed by atoms with Crippen molar-refractivity contribution in [3.63, 3.8) is 0 Å². The van der Waals surface area contributed by atoms with Gasteiger partial charge in [0.05, 0.1) is 0 Å². The quantitative estimate of drug-likeness (QED) is 0.228. The zero-order valence-corrected chi connectivity index (χ0v) is 14.8. The first-order valence-electron chi connectivity index (χ1n) is 9.41. The lowest BCUT2D eigenvalue weighted by atomic mass is 9.83. The molecule has 0 nitrogen and oxygen atoms in total. The molecule has 0 fully saturated rings. The first-order valence-corrected chi connectivity index (χ1v) is 9.41. The Hall–Kier alpha value is -0.260. The molecule has 0 saturated heterocycles. The molecule has 0 aliphatic heterocycles. The molecular formula is C20H40. The summed E-state index contributed by atoms with van der Waals surface area (Å²) in [5.41, 5.74) is 0. The molecule has 0 rings (SSSR count). The molecular weight excluding hydrogens is 240 g/mol. The molecule has 0 amide bonds. The van der Waals surface area contributed by atoms with Crippen LogP contribution in [0.1, 0.15) is 105 Å². The fourth-order valence-electron chi connectivity index (χ4n) is 3.01. The molecule has 0 spiro atoms. The van der Waals surface area contributed by atoms with Gasteiger partial charge in [-0.1, -0.05) is 97.6 Å². The van der Waals surface area contributed by atoms with Crippen molar-refractivity contribution < 1.29 is 0 Å². The van der Waals surface area contributed by atoms with E-state index in [0.29, 0.717) is 0 Å². The molecule has 0 saturated carbocycles. The van der Waals surface area contributed by atoms with Crippen LogP contribution in [0.25, 0.3) is 0 Å². The second-order valence-electron chi connectivity index (χ2n) is 6.51. The fraction of sp³-hybridized carbons (Fsp3) is 0.900. The van der Waals surface area contributed by atoms with E-state index in [0.717, 1.165) is 11.8 Å². The zero-order valence-electron chi connectivity index (χ0n) is 14.8. The molecule has 0 heterocycles. The molecule has 0 aromatic heterocycles. The summed E-state index contributed by atoms with van der Waals surface area (Å²) in [6.45, 7) is 9.34. The molecule has 0 radical (unpaired) electrons. The van der Waals surface area contributed by atoms with Gasteiger partial charge in [0.15, 0.2) is 0 Å². The maximum Gasteiger partial charge on any atom is -0.0351 e. The van der Waals surface area contributed by atoms with Crippen LogP contribution in [-0.2, 0) is 0 Å². The lowest BCUT2D eigenvalue weighted by Gasteiger charge is -2.23. The lowest BCUT2D eigenvalue weighted by molar-refractivity contribution is 0.289. The minimum absolute atomic E-state index is 0.923. The second-order valence-corrected chi connectivity index (χ2v) is 6.51. The van der Waals surface area contributed by atoms with E-state index < -0.39 is 0 Å². The molecule has 0 heteroatoms. The molecule has 0 aliphatic rings. The van der Waals surface area contributed by atoms with Crippen molar-refractivity contribution in [2.45, 2.75) is 105 Å². The summed E-state index contributed by atoms with van der Waals surface area (Å²) in [6.07, 6.45) is 21.4. The summed E-state index contributed by atoms with van der Waals surface area (Å²) in [5, 5.41) is 0. The van der Waals surface area contributed by atoms with Gasteiger partial charge in [-0.05, 0) is 31.1 Å². The van der Waals surface area contributed by atoms with E-state index in [1.807, 2.05) is 0 Å². The van der Waals surface area contributed by atoms with Crippen molar-refractivity contribution in [2.75, 3.05) is 0 Å². The molecule has 0 bridgehead atoms. The van der Waals surface area contributed by atoms with Gasteiger partial charge >= 0.3 is 0 Å². The topological polar surface area (TPSA) is 0 Å². The van der Waals surface area contributed by atoms with Gasteiger partial charge in [0.2, 0.25) is 0 Å². The fourth-order valence-corrected chi connectivity index (χ4v) is 3.01. The number of unbranched alkanes of at least 4 members (excludes halogenated alkanes) is 6. The predicted octanol–water partition coefficient (Wildman–Crippen LogP) is 7.54. The number of hydrogen-bond donors (Lipinski definition) is 0. The molecule has 0 N–H and O–H groups in total. The van der Waals surface area contributed by atoms with E-state index in [-0.39, 0.29) is 0 Å². The van der Waals surface area contributed by atoms with E-state index >= 15 is 0 Å². The third-order valence-electron chi connectivity index (χ3n) is 4.73. The summed E-state index contributed by atoms with van der Waals surface area (Å²) in [6, 6.07) is 0. The Labute approximate surface area is 129 Å². The Morgan fingerprint density at radius 1 is 0.750 bits per heavy atom. The van der Waals surface area contributed by atoms with Crippen molar-refractivity contribution in [1.29, 1.82) is 0 Å². The normalized spacial score (nSPS) is 14.8. The third-order valence-corrected chi connectivity index (χ3v) is 4.73. The smallest absolute Gasteiger partial charge is 0.0351 e. The highest BCUT2D eigenvalue weighted by molar-refractivity contribution is 4.80. The van der Waals surface area contributed by atoms with Crippen LogP contribution in [0.2, 0.25) is 0 Å². The van der Waals surface area contributed by atoms with Gasteiger partial charge in [0.1, 0.15) is 0 Å². The number of rotatable bonds is 14. The standard InChI is InChI=1S/C20H40/c1-5-8-10-12-14-16-18-20(19(4)7-3)17-15-13-11-9-6-2/h8,10,19-20H,5-7,9,11-18H2,1-4H3. The van der Waals surface area contributed by atoms with Crippen LogP contribution in [0.5, 0.6) is 0 Å². The second kappa shape index (κ2) is 15.1. The van der Waals surface area contributed by atoms with Crippen LogP contribution in [-0.4, -0.2) is 0 Å².